The zero-order valence-electron chi connectivity index (χ0n) is 17.1. The minimum Gasteiger partial charge on any atom is -0.497 e. The summed E-state index contributed by atoms with van der Waals surface area (Å²) in [6.45, 7) is 7.31. The van der Waals surface area contributed by atoms with Crippen molar-refractivity contribution < 1.29 is 9.47 Å². The fourth-order valence-electron chi connectivity index (χ4n) is 2.66. The average molecular weight is 381 g/mol. The number of rotatable bonds is 7. The Morgan fingerprint density at radius 3 is 2.39 bits per heavy atom. The molecule has 0 atom stereocenters. The van der Waals surface area contributed by atoms with Gasteiger partial charge in [0.25, 0.3) is 0 Å². The van der Waals surface area contributed by atoms with Crippen LogP contribution in [0.1, 0.15) is 38.0 Å². The van der Waals surface area contributed by atoms with Crippen LogP contribution in [0.3, 0.4) is 0 Å². The maximum absolute atomic E-state index is 5.24. The lowest BCUT2D eigenvalue weighted by molar-refractivity contribution is 0.181. The summed E-state index contributed by atoms with van der Waals surface area (Å²) in [5, 5.41) is 7.98. The van der Waals surface area contributed by atoms with Crippen molar-refractivity contribution in [2.24, 2.45) is 0 Å². The van der Waals surface area contributed by atoms with Crippen LogP contribution in [0.5, 0.6) is 5.75 Å². The molecule has 0 aliphatic rings. The summed E-state index contributed by atoms with van der Waals surface area (Å²) in [5.74, 6) is 2.38. The van der Waals surface area contributed by atoms with Crippen LogP contribution < -0.4 is 10.1 Å². The van der Waals surface area contributed by atoms with Crippen LogP contribution >= 0.6 is 0 Å². The Balaban J connectivity index is 1.73. The van der Waals surface area contributed by atoms with Crippen LogP contribution in [0.4, 0.5) is 5.82 Å². The highest BCUT2D eigenvalue weighted by molar-refractivity contribution is 5.39. The summed E-state index contributed by atoms with van der Waals surface area (Å²) in [4.78, 5) is 9.26. The van der Waals surface area contributed by atoms with Gasteiger partial charge in [0.15, 0.2) is 0 Å². The molecule has 0 amide bonds. The third kappa shape index (κ3) is 4.86. The normalized spacial score (nSPS) is 11.5. The molecule has 0 spiro atoms. The molecule has 0 bridgehead atoms. The van der Waals surface area contributed by atoms with Crippen LogP contribution in [-0.4, -0.2) is 34.0 Å². The third-order valence-electron chi connectivity index (χ3n) is 4.17. The van der Waals surface area contributed by atoms with E-state index in [-0.39, 0.29) is 5.41 Å². The number of methoxy groups -OCH3 is 2. The molecule has 7 heteroatoms. The molecule has 2 heterocycles. The van der Waals surface area contributed by atoms with Gasteiger partial charge in [0, 0.05) is 24.8 Å². The van der Waals surface area contributed by atoms with E-state index in [0.29, 0.717) is 13.2 Å². The SMILES string of the molecule is COCc1cc(NCc2ccn(-c3ccc(OC)cc3)n2)nc(C(C)(C)C)n1. The van der Waals surface area contributed by atoms with E-state index in [4.69, 9.17) is 9.47 Å². The summed E-state index contributed by atoms with van der Waals surface area (Å²) < 4.78 is 12.3. The molecule has 1 N–H and O–H groups in total. The second kappa shape index (κ2) is 8.39. The highest BCUT2D eigenvalue weighted by Crippen LogP contribution is 2.21. The maximum atomic E-state index is 5.24. The number of ether oxygens (including phenoxy) is 2. The summed E-state index contributed by atoms with van der Waals surface area (Å²) in [6.07, 6.45) is 1.94. The van der Waals surface area contributed by atoms with E-state index in [1.807, 2.05) is 47.3 Å². The number of benzene rings is 1. The van der Waals surface area contributed by atoms with Gasteiger partial charge in [0.2, 0.25) is 0 Å². The molecule has 0 aliphatic heterocycles. The van der Waals surface area contributed by atoms with Gasteiger partial charge in [0.05, 0.1) is 37.3 Å². The lowest BCUT2D eigenvalue weighted by Crippen LogP contribution is -2.18. The van der Waals surface area contributed by atoms with E-state index >= 15 is 0 Å². The molecule has 2 aromatic heterocycles. The molecule has 0 saturated heterocycles. The van der Waals surface area contributed by atoms with Crippen LogP contribution in [0.25, 0.3) is 5.69 Å². The molecule has 0 aliphatic carbocycles. The van der Waals surface area contributed by atoms with Gasteiger partial charge in [-0.15, -0.1) is 0 Å². The second-order valence-electron chi connectivity index (χ2n) is 7.55. The van der Waals surface area contributed by atoms with Gasteiger partial charge in [-0.25, -0.2) is 14.6 Å². The highest BCUT2D eigenvalue weighted by atomic mass is 16.5. The minimum atomic E-state index is -0.143. The van der Waals surface area contributed by atoms with Crippen molar-refractivity contribution in [3.05, 3.63) is 59.8 Å². The highest BCUT2D eigenvalue weighted by Gasteiger charge is 2.19. The maximum Gasteiger partial charge on any atom is 0.136 e. The molecule has 0 fully saturated rings. The Morgan fingerprint density at radius 2 is 1.75 bits per heavy atom. The number of nitrogens with one attached hydrogen (secondary N) is 1. The minimum absolute atomic E-state index is 0.143. The van der Waals surface area contributed by atoms with Crippen molar-refractivity contribution in [2.75, 3.05) is 19.5 Å². The molecular weight excluding hydrogens is 354 g/mol. The van der Waals surface area contributed by atoms with Crippen LogP contribution in [-0.2, 0) is 23.3 Å². The van der Waals surface area contributed by atoms with E-state index in [0.717, 1.165) is 34.5 Å². The Kier molecular flexibility index (Phi) is 5.94. The number of nitrogens with zero attached hydrogens (tertiary/aromatic N) is 4. The fourth-order valence-corrected chi connectivity index (χ4v) is 2.66. The predicted octanol–water partition coefficient (Wildman–Crippen LogP) is 3.73. The third-order valence-corrected chi connectivity index (χ3v) is 4.17. The molecule has 7 nitrogen and oxygen atoms in total. The smallest absolute Gasteiger partial charge is 0.136 e. The zero-order chi connectivity index (χ0) is 20.1. The summed E-state index contributed by atoms with van der Waals surface area (Å²) >= 11 is 0. The van der Waals surface area contributed by atoms with Gasteiger partial charge in [-0.1, -0.05) is 20.8 Å². The number of aromatic nitrogens is 4. The lowest BCUT2D eigenvalue weighted by atomic mass is 9.95. The first-order valence-electron chi connectivity index (χ1n) is 9.19. The molecule has 0 saturated carbocycles. The Morgan fingerprint density at radius 1 is 1.00 bits per heavy atom. The summed E-state index contributed by atoms with van der Waals surface area (Å²) in [5.41, 5.74) is 2.61. The second-order valence-corrected chi connectivity index (χ2v) is 7.55. The van der Waals surface area contributed by atoms with Gasteiger partial charge in [-0.2, -0.15) is 5.10 Å². The first-order valence-corrected chi connectivity index (χ1v) is 9.19. The quantitative estimate of drug-likeness (QED) is 0.672. The summed E-state index contributed by atoms with van der Waals surface area (Å²) in [7, 11) is 3.32. The van der Waals surface area contributed by atoms with Crippen molar-refractivity contribution in [3.8, 4) is 11.4 Å². The standard InChI is InChI=1S/C21H27N5O2/c1-21(2,3)20-23-16(14-27-4)12-19(24-20)22-13-15-10-11-26(25-15)17-6-8-18(28-5)9-7-17/h6-12H,13-14H2,1-5H3,(H,22,23,24). The van der Waals surface area contributed by atoms with Gasteiger partial charge in [0.1, 0.15) is 17.4 Å². The lowest BCUT2D eigenvalue weighted by Gasteiger charge is -2.18. The van der Waals surface area contributed by atoms with Crippen molar-refractivity contribution in [2.45, 2.75) is 39.3 Å². The van der Waals surface area contributed by atoms with Crippen molar-refractivity contribution in [1.82, 2.24) is 19.7 Å². The topological polar surface area (TPSA) is 74.1 Å². The molecule has 0 radical (unpaired) electrons. The monoisotopic (exact) mass is 381 g/mol. The molecule has 3 rings (SSSR count). The van der Waals surface area contributed by atoms with Crippen LogP contribution in [0.15, 0.2) is 42.6 Å². The summed E-state index contributed by atoms with van der Waals surface area (Å²) in [6, 6.07) is 11.7. The molecule has 0 unspecified atom stereocenters. The van der Waals surface area contributed by atoms with Gasteiger partial charge in [-0.3, -0.25) is 0 Å². The molecule has 28 heavy (non-hydrogen) atoms. The van der Waals surface area contributed by atoms with Gasteiger partial charge < -0.3 is 14.8 Å². The van der Waals surface area contributed by atoms with E-state index in [1.54, 1.807) is 14.2 Å². The van der Waals surface area contributed by atoms with Crippen molar-refractivity contribution in [1.29, 1.82) is 0 Å². The van der Waals surface area contributed by atoms with E-state index in [9.17, 15) is 0 Å². The van der Waals surface area contributed by atoms with E-state index in [1.165, 1.54) is 0 Å². The number of hydrogen-bond acceptors (Lipinski definition) is 6. The van der Waals surface area contributed by atoms with Gasteiger partial charge >= 0.3 is 0 Å². The molecule has 148 valence electrons. The van der Waals surface area contributed by atoms with E-state index < -0.39 is 0 Å². The van der Waals surface area contributed by atoms with Crippen molar-refractivity contribution in [3.63, 3.8) is 0 Å². The molecule has 1 aromatic carbocycles. The average Bonchev–Trinajstić information content (AvgIpc) is 3.15. The number of anilines is 1. The first kappa shape index (κ1) is 19.8. The van der Waals surface area contributed by atoms with Crippen LogP contribution in [0.2, 0.25) is 0 Å². The van der Waals surface area contributed by atoms with Crippen LogP contribution in [0, 0.1) is 0 Å². The Hall–Kier alpha value is -2.93. The van der Waals surface area contributed by atoms with Gasteiger partial charge in [-0.05, 0) is 30.3 Å². The molecular formula is C21H27N5O2. The molecule has 3 aromatic rings. The largest absolute Gasteiger partial charge is 0.497 e. The Bertz CT molecular complexity index is 913. The van der Waals surface area contributed by atoms with E-state index in [2.05, 4.69) is 41.2 Å². The predicted molar refractivity (Wildman–Crippen MR) is 109 cm³/mol. The fraction of sp³-hybridized carbons (Fsp3) is 0.381. The van der Waals surface area contributed by atoms with Crippen molar-refractivity contribution >= 4 is 5.82 Å². The first-order chi connectivity index (χ1) is 13.4. The Labute approximate surface area is 165 Å². The number of hydrogen-bond donors (Lipinski definition) is 1. The zero-order valence-corrected chi connectivity index (χ0v) is 17.1.